The molecule has 1 saturated heterocycles. The molecule has 1 amide bonds. The average molecular weight is 389 g/mol. The monoisotopic (exact) mass is 389 g/mol. The zero-order valence-electron chi connectivity index (χ0n) is 14.8. The Kier molecular flexibility index (Phi) is 6.09. The summed E-state index contributed by atoms with van der Waals surface area (Å²) in [6.07, 6.45) is 0.0918. The van der Waals surface area contributed by atoms with Crippen molar-refractivity contribution < 1.29 is 14.5 Å². The Morgan fingerprint density at radius 2 is 2.15 bits per heavy atom. The third-order valence-corrected chi connectivity index (χ3v) is 4.95. The van der Waals surface area contributed by atoms with Crippen LogP contribution in [0.1, 0.15) is 18.2 Å². The highest BCUT2D eigenvalue weighted by atomic mass is 32.1. The van der Waals surface area contributed by atoms with Crippen molar-refractivity contribution in [3.8, 4) is 0 Å². The van der Waals surface area contributed by atoms with Crippen molar-refractivity contribution in [3.05, 3.63) is 51.0 Å². The van der Waals surface area contributed by atoms with E-state index in [2.05, 4.69) is 20.4 Å². The maximum Gasteiger partial charge on any atom is 0.278 e. The highest BCUT2D eigenvalue weighted by molar-refractivity contribution is 7.13. The van der Waals surface area contributed by atoms with E-state index in [9.17, 15) is 14.9 Å². The summed E-state index contributed by atoms with van der Waals surface area (Å²) in [5.41, 5.74) is 3.78. The average Bonchev–Trinajstić information content (AvgIpc) is 3.15. The number of hydrazone groups is 1. The van der Waals surface area contributed by atoms with Crippen LogP contribution < -0.4 is 10.3 Å². The highest BCUT2D eigenvalue weighted by Gasteiger charge is 2.17. The van der Waals surface area contributed by atoms with Gasteiger partial charge in [-0.1, -0.05) is 12.1 Å². The molecule has 1 aliphatic heterocycles. The number of carbonyl (C=O) groups is 1. The van der Waals surface area contributed by atoms with Crippen LogP contribution in [0.5, 0.6) is 0 Å². The minimum atomic E-state index is -0.474. The first-order chi connectivity index (χ1) is 13.0. The van der Waals surface area contributed by atoms with Gasteiger partial charge in [-0.15, -0.1) is 11.3 Å². The third kappa shape index (κ3) is 4.86. The summed E-state index contributed by atoms with van der Waals surface area (Å²) in [6, 6.07) is 6.27. The normalized spacial score (nSPS) is 14.9. The summed E-state index contributed by atoms with van der Waals surface area (Å²) < 4.78 is 5.32. The molecule has 0 saturated carbocycles. The Balaban J connectivity index is 1.60. The van der Waals surface area contributed by atoms with Crippen molar-refractivity contribution in [3.63, 3.8) is 0 Å². The molecule has 0 bridgehead atoms. The van der Waals surface area contributed by atoms with E-state index in [4.69, 9.17) is 4.74 Å². The van der Waals surface area contributed by atoms with Gasteiger partial charge < -0.3 is 9.64 Å². The molecule has 1 N–H and O–H groups in total. The number of hydrogen-bond acceptors (Lipinski definition) is 8. The van der Waals surface area contributed by atoms with Gasteiger partial charge in [-0.05, 0) is 13.0 Å². The van der Waals surface area contributed by atoms with Crippen LogP contribution in [-0.2, 0) is 16.0 Å². The molecule has 9 nitrogen and oxygen atoms in total. The molecule has 0 aliphatic carbocycles. The fourth-order valence-corrected chi connectivity index (χ4v) is 3.51. The summed E-state index contributed by atoms with van der Waals surface area (Å²) in [6.45, 7) is 4.54. The largest absolute Gasteiger partial charge is 0.378 e. The number of amides is 1. The number of benzene rings is 1. The minimum absolute atomic E-state index is 0.0531. The zero-order valence-corrected chi connectivity index (χ0v) is 15.6. The molecule has 3 rings (SSSR count). The second kappa shape index (κ2) is 8.69. The van der Waals surface area contributed by atoms with E-state index < -0.39 is 4.92 Å². The molecule has 0 unspecified atom stereocenters. The Labute approximate surface area is 159 Å². The molecule has 2 heterocycles. The van der Waals surface area contributed by atoms with E-state index in [-0.39, 0.29) is 18.0 Å². The van der Waals surface area contributed by atoms with Gasteiger partial charge in [-0.25, -0.2) is 10.4 Å². The van der Waals surface area contributed by atoms with Crippen molar-refractivity contribution >= 4 is 33.8 Å². The smallest absolute Gasteiger partial charge is 0.278 e. The van der Waals surface area contributed by atoms with E-state index in [1.54, 1.807) is 25.1 Å². The minimum Gasteiger partial charge on any atom is -0.378 e. The number of hydrogen-bond donors (Lipinski definition) is 1. The Bertz CT molecular complexity index is 861. The van der Waals surface area contributed by atoms with Gasteiger partial charge in [-0.3, -0.25) is 14.9 Å². The number of morpholine rings is 1. The van der Waals surface area contributed by atoms with E-state index in [1.165, 1.54) is 17.4 Å². The van der Waals surface area contributed by atoms with Gasteiger partial charge in [0.1, 0.15) is 0 Å². The molecule has 1 aromatic carbocycles. The number of nitro benzene ring substituents is 1. The molecular formula is C17H19N5O4S. The number of para-hydroxylation sites is 1. The van der Waals surface area contributed by atoms with Crippen LogP contribution >= 0.6 is 11.3 Å². The summed E-state index contributed by atoms with van der Waals surface area (Å²) >= 11 is 1.49. The first-order valence-corrected chi connectivity index (χ1v) is 9.26. The fraction of sp³-hybridized carbons (Fsp3) is 0.353. The van der Waals surface area contributed by atoms with Gasteiger partial charge >= 0.3 is 0 Å². The summed E-state index contributed by atoms with van der Waals surface area (Å²) in [4.78, 5) is 29.4. The molecule has 10 heteroatoms. The molecule has 2 aromatic rings. The van der Waals surface area contributed by atoms with Gasteiger partial charge in [0.25, 0.3) is 5.69 Å². The van der Waals surface area contributed by atoms with E-state index in [0.717, 1.165) is 18.2 Å². The zero-order chi connectivity index (χ0) is 19.2. The van der Waals surface area contributed by atoms with E-state index in [1.807, 2.05) is 5.38 Å². The van der Waals surface area contributed by atoms with Crippen LogP contribution in [0.2, 0.25) is 0 Å². The number of aromatic nitrogens is 1. The molecular weight excluding hydrogens is 370 g/mol. The van der Waals surface area contributed by atoms with Crippen molar-refractivity contribution in [2.75, 3.05) is 31.2 Å². The van der Waals surface area contributed by atoms with Crippen molar-refractivity contribution in [2.45, 2.75) is 13.3 Å². The number of rotatable bonds is 6. The SMILES string of the molecule is C/C(=N/NC(=O)Cc1csc(N2CCOCC2)n1)c1ccccc1[N+](=O)[O-]. The number of carbonyl (C=O) groups excluding carboxylic acids is 1. The van der Waals surface area contributed by atoms with Gasteiger partial charge in [-0.2, -0.15) is 5.10 Å². The standard InChI is InChI=1S/C17H19N5O4S/c1-12(14-4-2-3-5-15(14)22(24)25)19-20-16(23)10-13-11-27-17(18-13)21-6-8-26-9-7-21/h2-5,11H,6-10H2,1H3,(H,20,23)/b19-12-. The molecule has 0 atom stereocenters. The molecule has 27 heavy (non-hydrogen) atoms. The van der Waals surface area contributed by atoms with Crippen molar-refractivity contribution in [1.29, 1.82) is 0 Å². The van der Waals surface area contributed by atoms with Gasteiger partial charge in [0.05, 0.1) is 41.5 Å². The summed E-state index contributed by atoms with van der Waals surface area (Å²) in [5, 5.41) is 17.8. The lowest BCUT2D eigenvalue weighted by molar-refractivity contribution is -0.385. The van der Waals surface area contributed by atoms with Crippen LogP contribution in [0.4, 0.5) is 10.8 Å². The number of nitro groups is 1. The number of nitrogens with one attached hydrogen (secondary N) is 1. The fourth-order valence-electron chi connectivity index (χ4n) is 2.63. The molecule has 0 radical (unpaired) electrons. The number of thiazole rings is 1. The predicted octanol–water partition coefficient (Wildman–Crippen LogP) is 1.97. The molecule has 1 aromatic heterocycles. The van der Waals surface area contributed by atoms with Gasteiger partial charge in [0.15, 0.2) is 5.13 Å². The summed E-state index contributed by atoms with van der Waals surface area (Å²) in [5.74, 6) is -0.327. The lowest BCUT2D eigenvalue weighted by Gasteiger charge is -2.26. The second-order valence-electron chi connectivity index (χ2n) is 5.90. The van der Waals surface area contributed by atoms with Crippen LogP contribution in [0, 0.1) is 10.1 Å². The van der Waals surface area contributed by atoms with Crippen LogP contribution in [0.3, 0.4) is 0 Å². The lowest BCUT2D eigenvalue weighted by atomic mass is 10.1. The second-order valence-corrected chi connectivity index (χ2v) is 6.74. The Morgan fingerprint density at radius 3 is 2.89 bits per heavy atom. The van der Waals surface area contributed by atoms with Crippen LogP contribution in [-0.4, -0.2) is 47.8 Å². The van der Waals surface area contributed by atoms with E-state index in [0.29, 0.717) is 30.2 Å². The van der Waals surface area contributed by atoms with Gasteiger partial charge in [0.2, 0.25) is 5.91 Å². The molecule has 1 aliphatic rings. The molecule has 142 valence electrons. The topological polar surface area (TPSA) is 110 Å². The number of nitrogens with zero attached hydrogens (tertiary/aromatic N) is 4. The Morgan fingerprint density at radius 1 is 1.41 bits per heavy atom. The first kappa shape index (κ1) is 18.9. The Hall–Kier alpha value is -2.85. The number of ether oxygens (including phenoxy) is 1. The molecule has 0 spiro atoms. The maximum atomic E-state index is 12.1. The maximum absolute atomic E-state index is 12.1. The number of anilines is 1. The lowest BCUT2D eigenvalue weighted by Crippen LogP contribution is -2.36. The van der Waals surface area contributed by atoms with Crippen molar-refractivity contribution in [1.82, 2.24) is 10.4 Å². The quantitative estimate of drug-likeness (QED) is 0.459. The highest BCUT2D eigenvalue weighted by Crippen LogP contribution is 2.22. The third-order valence-electron chi connectivity index (χ3n) is 4.00. The molecule has 1 fully saturated rings. The van der Waals surface area contributed by atoms with Crippen LogP contribution in [0.25, 0.3) is 0 Å². The summed E-state index contributed by atoms with van der Waals surface area (Å²) in [7, 11) is 0. The predicted molar refractivity (Wildman–Crippen MR) is 102 cm³/mol. The van der Waals surface area contributed by atoms with Crippen molar-refractivity contribution in [2.24, 2.45) is 5.10 Å². The first-order valence-electron chi connectivity index (χ1n) is 8.38. The van der Waals surface area contributed by atoms with E-state index >= 15 is 0 Å². The van der Waals surface area contributed by atoms with Crippen LogP contribution in [0.15, 0.2) is 34.7 Å². The van der Waals surface area contributed by atoms with Gasteiger partial charge in [0, 0.05) is 24.5 Å².